The van der Waals surface area contributed by atoms with Crippen LogP contribution in [-0.4, -0.2) is 22.3 Å². The molecule has 0 saturated carbocycles. The Morgan fingerprint density at radius 2 is 2.60 bits per heavy atom. The summed E-state index contributed by atoms with van der Waals surface area (Å²) < 4.78 is 0. The van der Waals surface area contributed by atoms with Gasteiger partial charge in [-0.3, -0.25) is 4.79 Å². The fourth-order valence-corrected chi connectivity index (χ4v) is 2.39. The number of aryl methyl sites for hydroxylation is 1. The van der Waals surface area contributed by atoms with E-state index in [-0.39, 0.29) is 5.91 Å². The zero-order valence-electron chi connectivity index (χ0n) is 8.77. The Morgan fingerprint density at radius 1 is 1.80 bits per heavy atom. The lowest BCUT2D eigenvalue weighted by atomic mass is 10.1. The minimum Gasteiger partial charge on any atom is -0.336 e. The normalized spacial score (nSPS) is 21.0. The molecule has 15 heavy (non-hydrogen) atoms. The van der Waals surface area contributed by atoms with Gasteiger partial charge in [-0.05, 0) is 6.92 Å². The molecule has 1 saturated heterocycles. The van der Waals surface area contributed by atoms with Crippen molar-refractivity contribution in [1.29, 1.82) is 0 Å². The molecule has 0 radical (unpaired) electrons. The minimum absolute atomic E-state index is 0.213. The van der Waals surface area contributed by atoms with E-state index in [0.717, 1.165) is 17.2 Å². The molecule has 1 aromatic rings. The Bertz CT molecular complexity index is 386. The van der Waals surface area contributed by atoms with Crippen molar-refractivity contribution in [3.05, 3.63) is 28.7 Å². The molecule has 4 heteroatoms. The standard InChI is InChI=1S/C11H14N2OS/c1-3-9-4-11(14)13(5-9)6-10-7-15-8(2)12-10/h3,7,9H,1,4-6H2,2H3. The molecule has 2 rings (SSSR count). The summed E-state index contributed by atoms with van der Waals surface area (Å²) in [4.78, 5) is 17.8. The smallest absolute Gasteiger partial charge is 0.223 e. The van der Waals surface area contributed by atoms with Crippen molar-refractivity contribution >= 4 is 17.2 Å². The van der Waals surface area contributed by atoms with Crippen LogP contribution in [0.2, 0.25) is 0 Å². The van der Waals surface area contributed by atoms with Crippen molar-refractivity contribution in [3.8, 4) is 0 Å². The maximum Gasteiger partial charge on any atom is 0.223 e. The van der Waals surface area contributed by atoms with Crippen LogP contribution >= 0.6 is 11.3 Å². The average Bonchev–Trinajstić information content (AvgIpc) is 2.75. The third-order valence-corrected chi connectivity index (χ3v) is 3.42. The van der Waals surface area contributed by atoms with Gasteiger partial charge in [0.1, 0.15) is 0 Å². The highest BCUT2D eigenvalue weighted by Crippen LogP contribution is 2.21. The first-order chi connectivity index (χ1) is 7.19. The summed E-state index contributed by atoms with van der Waals surface area (Å²) >= 11 is 1.63. The molecule has 1 aliphatic rings. The van der Waals surface area contributed by atoms with Gasteiger partial charge in [-0.1, -0.05) is 6.08 Å². The van der Waals surface area contributed by atoms with Gasteiger partial charge in [0.25, 0.3) is 0 Å². The third-order valence-electron chi connectivity index (χ3n) is 2.60. The molecule has 0 N–H and O–H groups in total. The number of hydrogen-bond donors (Lipinski definition) is 0. The van der Waals surface area contributed by atoms with Gasteiger partial charge in [0.15, 0.2) is 0 Å². The number of hydrogen-bond acceptors (Lipinski definition) is 3. The number of likely N-dealkylation sites (tertiary alicyclic amines) is 1. The van der Waals surface area contributed by atoms with E-state index >= 15 is 0 Å². The summed E-state index contributed by atoms with van der Waals surface area (Å²) in [6.45, 7) is 7.15. The maximum absolute atomic E-state index is 11.6. The summed E-state index contributed by atoms with van der Waals surface area (Å²) in [6, 6.07) is 0. The first kappa shape index (κ1) is 10.4. The van der Waals surface area contributed by atoms with E-state index in [1.807, 2.05) is 23.3 Å². The van der Waals surface area contributed by atoms with Crippen molar-refractivity contribution < 1.29 is 4.79 Å². The monoisotopic (exact) mass is 222 g/mol. The molecule has 0 aliphatic carbocycles. The topological polar surface area (TPSA) is 33.2 Å². The van der Waals surface area contributed by atoms with E-state index in [0.29, 0.717) is 18.9 Å². The Balaban J connectivity index is 2.01. The highest BCUT2D eigenvalue weighted by atomic mass is 32.1. The van der Waals surface area contributed by atoms with E-state index in [1.165, 1.54) is 0 Å². The molecule has 1 aliphatic heterocycles. The van der Waals surface area contributed by atoms with Crippen molar-refractivity contribution in [3.63, 3.8) is 0 Å². The van der Waals surface area contributed by atoms with Gasteiger partial charge >= 0.3 is 0 Å². The molecule has 1 aromatic heterocycles. The van der Waals surface area contributed by atoms with Crippen LogP contribution in [0.4, 0.5) is 0 Å². The van der Waals surface area contributed by atoms with Gasteiger partial charge in [-0.25, -0.2) is 4.98 Å². The molecular formula is C11H14N2OS. The molecule has 1 amide bonds. The fourth-order valence-electron chi connectivity index (χ4n) is 1.79. The Morgan fingerprint density at radius 3 is 3.13 bits per heavy atom. The molecule has 2 heterocycles. The molecule has 1 atom stereocenters. The second kappa shape index (κ2) is 4.14. The molecule has 1 fully saturated rings. The van der Waals surface area contributed by atoms with E-state index in [9.17, 15) is 4.79 Å². The largest absolute Gasteiger partial charge is 0.336 e. The lowest BCUT2D eigenvalue weighted by Gasteiger charge is -2.13. The molecule has 80 valence electrons. The molecule has 3 nitrogen and oxygen atoms in total. The van der Waals surface area contributed by atoms with Gasteiger partial charge in [0.05, 0.1) is 17.2 Å². The van der Waals surface area contributed by atoms with Crippen LogP contribution in [0.25, 0.3) is 0 Å². The minimum atomic E-state index is 0.213. The van der Waals surface area contributed by atoms with Gasteiger partial charge in [-0.15, -0.1) is 17.9 Å². The quantitative estimate of drug-likeness (QED) is 0.733. The second-order valence-corrected chi connectivity index (χ2v) is 4.89. The van der Waals surface area contributed by atoms with Gasteiger partial charge in [0.2, 0.25) is 5.91 Å². The zero-order valence-corrected chi connectivity index (χ0v) is 9.59. The SMILES string of the molecule is C=CC1CC(=O)N(Cc2csc(C)n2)C1. The Hall–Kier alpha value is -1.16. The third kappa shape index (κ3) is 2.26. The second-order valence-electron chi connectivity index (χ2n) is 3.83. The van der Waals surface area contributed by atoms with E-state index < -0.39 is 0 Å². The highest BCUT2D eigenvalue weighted by molar-refractivity contribution is 7.09. The first-order valence-corrected chi connectivity index (χ1v) is 5.88. The number of nitrogens with zero attached hydrogens (tertiary/aromatic N) is 2. The maximum atomic E-state index is 11.6. The fraction of sp³-hybridized carbons (Fsp3) is 0.455. The van der Waals surface area contributed by atoms with E-state index in [2.05, 4.69) is 11.6 Å². The first-order valence-electron chi connectivity index (χ1n) is 5.00. The number of carbonyl (C=O) groups excluding carboxylic acids is 1. The number of aromatic nitrogens is 1. The van der Waals surface area contributed by atoms with Crippen LogP contribution in [-0.2, 0) is 11.3 Å². The lowest BCUT2D eigenvalue weighted by Crippen LogP contribution is -2.24. The van der Waals surface area contributed by atoms with E-state index in [1.54, 1.807) is 11.3 Å². The van der Waals surface area contributed by atoms with Crippen molar-refractivity contribution in [2.75, 3.05) is 6.54 Å². The number of thiazole rings is 1. The molecule has 1 unspecified atom stereocenters. The van der Waals surface area contributed by atoms with Crippen LogP contribution in [0, 0.1) is 12.8 Å². The highest BCUT2D eigenvalue weighted by Gasteiger charge is 2.27. The van der Waals surface area contributed by atoms with E-state index in [4.69, 9.17) is 0 Å². The average molecular weight is 222 g/mol. The van der Waals surface area contributed by atoms with Crippen LogP contribution in [0.3, 0.4) is 0 Å². The van der Waals surface area contributed by atoms with Crippen molar-refractivity contribution in [2.24, 2.45) is 5.92 Å². The van der Waals surface area contributed by atoms with Crippen LogP contribution in [0.5, 0.6) is 0 Å². The predicted molar refractivity (Wildman–Crippen MR) is 60.6 cm³/mol. The van der Waals surface area contributed by atoms with Gasteiger partial charge in [0, 0.05) is 24.3 Å². The van der Waals surface area contributed by atoms with Gasteiger partial charge < -0.3 is 4.90 Å². The van der Waals surface area contributed by atoms with Crippen LogP contribution in [0.15, 0.2) is 18.0 Å². The summed E-state index contributed by atoms with van der Waals surface area (Å²) in [5.74, 6) is 0.530. The molecule has 0 spiro atoms. The number of rotatable bonds is 3. The Kier molecular flexibility index (Phi) is 2.86. The summed E-state index contributed by atoms with van der Waals surface area (Å²) in [5.41, 5.74) is 0.996. The summed E-state index contributed by atoms with van der Waals surface area (Å²) in [6.07, 6.45) is 2.47. The van der Waals surface area contributed by atoms with Crippen molar-refractivity contribution in [2.45, 2.75) is 19.9 Å². The number of carbonyl (C=O) groups is 1. The molecular weight excluding hydrogens is 208 g/mol. The molecule has 0 aromatic carbocycles. The summed E-state index contributed by atoms with van der Waals surface area (Å²) in [5, 5.41) is 3.07. The van der Waals surface area contributed by atoms with Crippen LogP contribution in [0.1, 0.15) is 17.1 Å². The summed E-state index contributed by atoms with van der Waals surface area (Å²) in [7, 11) is 0. The zero-order chi connectivity index (χ0) is 10.8. The lowest BCUT2D eigenvalue weighted by molar-refractivity contribution is -0.128. The number of amides is 1. The molecule has 0 bridgehead atoms. The predicted octanol–water partition coefficient (Wildman–Crippen LogP) is 1.99. The van der Waals surface area contributed by atoms with Gasteiger partial charge in [-0.2, -0.15) is 0 Å². The van der Waals surface area contributed by atoms with Crippen molar-refractivity contribution in [1.82, 2.24) is 9.88 Å². The van der Waals surface area contributed by atoms with Crippen LogP contribution < -0.4 is 0 Å². The Labute approximate surface area is 93.4 Å².